The number of rotatable bonds is 3. The fourth-order valence-corrected chi connectivity index (χ4v) is 3.46. The van der Waals surface area contributed by atoms with Gasteiger partial charge in [-0.1, -0.05) is 12.1 Å². The number of benzene rings is 2. The summed E-state index contributed by atoms with van der Waals surface area (Å²) < 4.78 is 4.69. The Morgan fingerprint density at radius 3 is 2.58 bits per heavy atom. The lowest BCUT2D eigenvalue weighted by Gasteiger charge is -2.23. The van der Waals surface area contributed by atoms with Crippen molar-refractivity contribution in [1.82, 2.24) is 14.9 Å². The van der Waals surface area contributed by atoms with Gasteiger partial charge in [0.1, 0.15) is 5.82 Å². The van der Waals surface area contributed by atoms with Crippen LogP contribution in [0, 0.1) is 0 Å². The first-order chi connectivity index (χ1) is 12.7. The molecule has 4 rings (SSSR count). The lowest BCUT2D eigenvalue weighted by molar-refractivity contribution is 0.0599. The van der Waals surface area contributed by atoms with Crippen LogP contribution in [0.25, 0.3) is 11.0 Å². The fraction of sp³-hybridized carbons (Fsp3) is 0.250. The van der Waals surface area contributed by atoms with Gasteiger partial charge in [-0.05, 0) is 49.2 Å². The molecule has 6 heteroatoms. The normalized spacial score (nSPS) is 16.8. The number of para-hydroxylation sites is 2. The Morgan fingerprint density at radius 2 is 1.85 bits per heavy atom. The molecule has 1 aromatic heterocycles. The number of hydrogen-bond acceptors (Lipinski definition) is 4. The molecule has 0 aliphatic carbocycles. The van der Waals surface area contributed by atoms with Crippen molar-refractivity contribution in [3.05, 3.63) is 65.5 Å². The number of fused-ring (bicyclic) bond motifs is 1. The van der Waals surface area contributed by atoms with Crippen LogP contribution in [0.1, 0.15) is 45.4 Å². The zero-order valence-corrected chi connectivity index (χ0v) is 14.4. The van der Waals surface area contributed by atoms with Gasteiger partial charge in [0.15, 0.2) is 0 Å². The summed E-state index contributed by atoms with van der Waals surface area (Å²) in [5, 5.41) is 0. The van der Waals surface area contributed by atoms with Crippen LogP contribution in [-0.4, -0.2) is 40.4 Å². The topological polar surface area (TPSA) is 75.3 Å². The third-order valence-corrected chi connectivity index (χ3v) is 4.79. The van der Waals surface area contributed by atoms with Crippen molar-refractivity contribution < 1.29 is 14.3 Å². The molecule has 6 nitrogen and oxygen atoms in total. The molecular weight excluding hydrogens is 330 g/mol. The van der Waals surface area contributed by atoms with Gasteiger partial charge in [-0.2, -0.15) is 0 Å². The second kappa shape index (κ2) is 6.63. The van der Waals surface area contributed by atoms with Crippen LogP contribution in [0.3, 0.4) is 0 Å². The average Bonchev–Trinajstić information content (AvgIpc) is 3.33. The summed E-state index contributed by atoms with van der Waals surface area (Å²) >= 11 is 0. The summed E-state index contributed by atoms with van der Waals surface area (Å²) in [7, 11) is 1.34. The summed E-state index contributed by atoms with van der Waals surface area (Å²) in [5.74, 6) is 0.359. The lowest BCUT2D eigenvalue weighted by Crippen LogP contribution is -2.31. The Morgan fingerprint density at radius 1 is 1.12 bits per heavy atom. The van der Waals surface area contributed by atoms with Gasteiger partial charge >= 0.3 is 5.97 Å². The van der Waals surface area contributed by atoms with E-state index in [0.717, 1.165) is 29.7 Å². The van der Waals surface area contributed by atoms with Gasteiger partial charge in [0.05, 0.1) is 29.7 Å². The highest BCUT2D eigenvalue weighted by Gasteiger charge is 2.32. The summed E-state index contributed by atoms with van der Waals surface area (Å²) in [6.07, 6.45) is 1.82. The molecule has 1 atom stereocenters. The molecule has 2 heterocycles. The molecule has 0 bridgehead atoms. The van der Waals surface area contributed by atoms with Crippen molar-refractivity contribution >= 4 is 22.9 Å². The van der Waals surface area contributed by atoms with Gasteiger partial charge in [-0.3, -0.25) is 4.79 Å². The second-order valence-corrected chi connectivity index (χ2v) is 6.36. The minimum Gasteiger partial charge on any atom is -0.465 e. The lowest BCUT2D eigenvalue weighted by atomic mass is 10.1. The quantitative estimate of drug-likeness (QED) is 0.736. The molecule has 1 aliphatic heterocycles. The molecule has 1 N–H and O–H groups in total. The first-order valence-corrected chi connectivity index (χ1v) is 8.61. The van der Waals surface area contributed by atoms with Gasteiger partial charge in [-0.15, -0.1) is 0 Å². The van der Waals surface area contributed by atoms with E-state index in [1.807, 2.05) is 29.2 Å². The highest BCUT2D eigenvalue weighted by atomic mass is 16.5. The molecule has 132 valence electrons. The van der Waals surface area contributed by atoms with Gasteiger partial charge in [0, 0.05) is 12.1 Å². The number of amides is 1. The Hall–Kier alpha value is -3.15. The first-order valence-electron chi connectivity index (χ1n) is 8.61. The van der Waals surface area contributed by atoms with Crippen LogP contribution in [0.5, 0.6) is 0 Å². The number of esters is 1. The standard InChI is InChI=1S/C20H19N3O3/c1-26-20(25)14-10-8-13(9-11-14)19(24)23-12-4-7-17(23)18-21-15-5-2-3-6-16(15)22-18/h2-3,5-6,8-11,17H,4,7,12H2,1H3,(H,21,22)/t17-/m0/s1. The number of aromatic amines is 1. The number of aromatic nitrogens is 2. The van der Waals surface area contributed by atoms with Crippen LogP contribution < -0.4 is 0 Å². The third-order valence-electron chi connectivity index (χ3n) is 4.79. The molecule has 0 saturated carbocycles. The molecule has 1 amide bonds. The highest BCUT2D eigenvalue weighted by Crippen LogP contribution is 2.32. The number of carbonyl (C=O) groups excluding carboxylic acids is 2. The maximum Gasteiger partial charge on any atom is 0.337 e. The minimum atomic E-state index is -0.412. The van der Waals surface area contributed by atoms with E-state index in [4.69, 9.17) is 4.74 Å². The van der Waals surface area contributed by atoms with Gasteiger partial charge in [-0.25, -0.2) is 9.78 Å². The Balaban J connectivity index is 1.59. The monoisotopic (exact) mass is 349 g/mol. The van der Waals surface area contributed by atoms with Crippen molar-refractivity contribution in [2.75, 3.05) is 13.7 Å². The number of nitrogens with one attached hydrogen (secondary N) is 1. The number of imidazole rings is 1. The predicted molar refractivity (Wildman–Crippen MR) is 96.9 cm³/mol. The average molecular weight is 349 g/mol. The van der Waals surface area contributed by atoms with Crippen molar-refractivity contribution in [3.63, 3.8) is 0 Å². The van der Waals surface area contributed by atoms with E-state index in [-0.39, 0.29) is 11.9 Å². The number of likely N-dealkylation sites (tertiary alicyclic amines) is 1. The van der Waals surface area contributed by atoms with Crippen molar-refractivity contribution in [1.29, 1.82) is 0 Å². The number of H-pyrrole nitrogens is 1. The van der Waals surface area contributed by atoms with Gasteiger partial charge in [0.25, 0.3) is 5.91 Å². The van der Waals surface area contributed by atoms with Crippen LogP contribution in [0.2, 0.25) is 0 Å². The molecule has 0 radical (unpaired) electrons. The van der Waals surface area contributed by atoms with E-state index in [1.165, 1.54) is 7.11 Å². The van der Waals surface area contributed by atoms with Crippen molar-refractivity contribution in [2.24, 2.45) is 0 Å². The smallest absolute Gasteiger partial charge is 0.337 e. The van der Waals surface area contributed by atoms with Crippen LogP contribution in [0.15, 0.2) is 48.5 Å². The SMILES string of the molecule is COC(=O)c1ccc(C(=O)N2CCC[C@H]2c2nc3ccccc3[nH]2)cc1. The van der Waals surface area contributed by atoms with Crippen molar-refractivity contribution in [3.8, 4) is 0 Å². The Labute approximate surface area is 150 Å². The minimum absolute atomic E-state index is 0.0515. The number of carbonyl (C=O) groups is 2. The molecule has 3 aromatic rings. The fourth-order valence-electron chi connectivity index (χ4n) is 3.46. The van der Waals surface area contributed by atoms with E-state index in [1.54, 1.807) is 24.3 Å². The summed E-state index contributed by atoms with van der Waals surface area (Å²) in [6.45, 7) is 0.694. The zero-order chi connectivity index (χ0) is 18.1. The number of ether oxygens (including phenoxy) is 1. The molecular formula is C20H19N3O3. The third kappa shape index (κ3) is 2.83. The van der Waals surface area contributed by atoms with E-state index >= 15 is 0 Å². The van der Waals surface area contributed by atoms with Crippen LogP contribution >= 0.6 is 0 Å². The first kappa shape index (κ1) is 16.3. The highest BCUT2D eigenvalue weighted by molar-refractivity contribution is 5.96. The Bertz CT molecular complexity index is 929. The summed E-state index contributed by atoms with van der Waals surface area (Å²) in [6, 6.07) is 14.4. The van der Waals surface area contributed by atoms with E-state index < -0.39 is 5.97 Å². The maximum atomic E-state index is 13.0. The van der Waals surface area contributed by atoms with E-state index in [0.29, 0.717) is 17.7 Å². The van der Waals surface area contributed by atoms with Crippen LogP contribution in [-0.2, 0) is 4.74 Å². The van der Waals surface area contributed by atoms with Crippen LogP contribution in [0.4, 0.5) is 0 Å². The largest absolute Gasteiger partial charge is 0.465 e. The van der Waals surface area contributed by atoms with Gasteiger partial charge in [0.2, 0.25) is 0 Å². The zero-order valence-electron chi connectivity index (χ0n) is 14.4. The summed E-state index contributed by atoms with van der Waals surface area (Å²) in [4.78, 5) is 34.4. The van der Waals surface area contributed by atoms with E-state index in [9.17, 15) is 9.59 Å². The predicted octanol–water partition coefficient (Wildman–Crippen LogP) is 3.33. The van der Waals surface area contributed by atoms with Gasteiger partial charge < -0.3 is 14.6 Å². The number of hydrogen-bond donors (Lipinski definition) is 1. The molecule has 1 fully saturated rings. The number of nitrogens with zero attached hydrogens (tertiary/aromatic N) is 2. The second-order valence-electron chi connectivity index (χ2n) is 6.36. The molecule has 2 aromatic carbocycles. The number of methoxy groups -OCH3 is 1. The molecule has 1 aliphatic rings. The molecule has 26 heavy (non-hydrogen) atoms. The molecule has 1 saturated heterocycles. The maximum absolute atomic E-state index is 13.0. The molecule has 0 spiro atoms. The Kier molecular flexibility index (Phi) is 4.16. The van der Waals surface area contributed by atoms with Crippen molar-refractivity contribution in [2.45, 2.75) is 18.9 Å². The summed E-state index contributed by atoms with van der Waals surface area (Å²) in [5.41, 5.74) is 2.87. The molecule has 0 unspecified atom stereocenters. The van der Waals surface area contributed by atoms with E-state index in [2.05, 4.69) is 9.97 Å².